The van der Waals surface area contributed by atoms with Gasteiger partial charge in [-0.3, -0.25) is 0 Å². The molecule has 4 N–H and O–H groups in total. The third kappa shape index (κ3) is 6.77. The molecule has 208 valence electrons. The first-order chi connectivity index (χ1) is 17.9. The highest BCUT2D eigenvalue weighted by atomic mass is 35.5. The number of halogens is 1. The van der Waals surface area contributed by atoms with Gasteiger partial charge in [0.2, 0.25) is 0 Å². The summed E-state index contributed by atoms with van der Waals surface area (Å²) < 4.78 is 17.0. The average molecular weight is 550 g/mol. The van der Waals surface area contributed by atoms with Crippen LogP contribution < -0.4 is 4.74 Å². The maximum Gasteiger partial charge on any atom is 0.410 e. The zero-order chi connectivity index (χ0) is 27.6. The van der Waals surface area contributed by atoms with E-state index >= 15 is 0 Å². The number of hydrogen-bond acceptors (Lipinski definition) is 8. The molecule has 0 aliphatic carbocycles. The molecule has 38 heavy (non-hydrogen) atoms. The lowest BCUT2D eigenvalue weighted by Crippen LogP contribution is -2.55. The molecule has 2 aromatic rings. The second-order valence-corrected chi connectivity index (χ2v) is 11.4. The van der Waals surface area contributed by atoms with Gasteiger partial charge in [-0.1, -0.05) is 35.9 Å². The van der Waals surface area contributed by atoms with Crippen LogP contribution in [0.15, 0.2) is 42.5 Å². The van der Waals surface area contributed by atoms with E-state index in [1.807, 2.05) is 45.0 Å². The molecule has 2 fully saturated rings. The normalized spacial score (nSPS) is 26.1. The fourth-order valence-electron chi connectivity index (χ4n) is 4.57. The minimum atomic E-state index is -1.45. The standard InChI is InChI=1S/C28H36ClNO8/c1-28(2,3)38-27(35)30-12-17(13-30)15-36-20-7-4-16(5-8-20)10-19-11-18(6-9-21(19)29)26-25(34)24(33)23(32)22(14-31)37-26/h4-9,11,17,22-26,31-34H,10,12-15H2,1-3H3/t22-,23-,24+,25-,26+/m1/s1. The summed E-state index contributed by atoms with van der Waals surface area (Å²) in [5.41, 5.74) is 1.87. The number of carbonyl (C=O) groups is 1. The fraction of sp³-hybridized carbons (Fsp3) is 0.536. The van der Waals surface area contributed by atoms with E-state index in [-0.39, 0.29) is 12.0 Å². The van der Waals surface area contributed by atoms with Gasteiger partial charge in [0.25, 0.3) is 0 Å². The van der Waals surface area contributed by atoms with Crippen LogP contribution in [0.4, 0.5) is 4.79 Å². The van der Waals surface area contributed by atoms with Crippen LogP contribution in [0, 0.1) is 5.92 Å². The van der Waals surface area contributed by atoms with Gasteiger partial charge in [0.15, 0.2) is 0 Å². The van der Waals surface area contributed by atoms with Crippen molar-refractivity contribution in [2.24, 2.45) is 5.92 Å². The molecule has 2 aliphatic heterocycles. The molecule has 1 amide bonds. The molecule has 10 heteroatoms. The van der Waals surface area contributed by atoms with Crippen molar-refractivity contribution in [1.82, 2.24) is 4.90 Å². The number of aliphatic hydroxyl groups is 4. The SMILES string of the molecule is CC(C)(C)OC(=O)N1CC(COc2ccc(Cc3cc([C@@H]4O[C@H](CO)[C@@H](O)[C@H](O)[C@H]4O)ccc3Cl)cc2)C1. The molecule has 2 aromatic carbocycles. The Balaban J connectivity index is 1.32. The lowest BCUT2D eigenvalue weighted by Gasteiger charge is -2.40. The van der Waals surface area contributed by atoms with E-state index in [0.717, 1.165) is 16.9 Å². The third-order valence-corrected chi connectivity index (χ3v) is 7.07. The number of likely N-dealkylation sites (tertiary alicyclic amines) is 1. The molecular weight excluding hydrogens is 514 g/mol. The Morgan fingerprint density at radius 1 is 1.05 bits per heavy atom. The van der Waals surface area contributed by atoms with Crippen LogP contribution >= 0.6 is 11.6 Å². The predicted octanol–water partition coefficient (Wildman–Crippen LogP) is 2.69. The van der Waals surface area contributed by atoms with Gasteiger partial charge in [0.1, 0.15) is 41.9 Å². The highest BCUT2D eigenvalue weighted by Gasteiger charge is 2.44. The number of ether oxygens (including phenoxy) is 3. The summed E-state index contributed by atoms with van der Waals surface area (Å²) in [7, 11) is 0. The molecule has 2 aliphatic rings. The second-order valence-electron chi connectivity index (χ2n) is 11.0. The van der Waals surface area contributed by atoms with Gasteiger partial charge in [-0.25, -0.2) is 4.79 Å². The third-order valence-electron chi connectivity index (χ3n) is 6.70. The lowest BCUT2D eigenvalue weighted by atomic mass is 9.90. The summed E-state index contributed by atoms with van der Waals surface area (Å²) in [6.45, 7) is 6.77. The molecule has 0 spiro atoms. The minimum Gasteiger partial charge on any atom is -0.493 e. The van der Waals surface area contributed by atoms with E-state index in [0.29, 0.717) is 36.7 Å². The van der Waals surface area contributed by atoms with E-state index in [1.165, 1.54) is 0 Å². The highest BCUT2D eigenvalue weighted by molar-refractivity contribution is 6.31. The monoisotopic (exact) mass is 549 g/mol. The van der Waals surface area contributed by atoms with Crippen LogP contribution in [-0.4, -0.2) is 87.7 Å². The summed E-state index contributed by atoms with van der Waals surface area (Å²) >= 11 is 6.44. The van der Waals surface area contributed by atoms with Crippen molar-refractivity contribution in [3.63, 3.8) is 0 Å². The topological polar surface area (TPSA) is 129 Å². The number of amides is 1. The molecule has 4 rings (SSSR count). The van der Waals surface area contributed by atoms with Gasteiger partial charge >= 0.3 is 6.09 Å². The van der Waals surface area contributed by atoms with Crippen molar-refractivity contribution in [1.29, 1.82) is 0 Å². The average Bonchev–Trinajstić information content (AvgIpc) is 2.83. The van der Waals surface area contributed by atoms with Gasteiger partial charge in [-0.2, -0.15) is 0 Å². The first kappa shape index (κ1) is 28.6. The first-order valence-corrected chi connectivity index (χ1v) is 13.1. The smallest absolute Gasteiger partial charge is 0.410 e. The Morgan fingerprint density at radius 2 is 1.74 bits per heavy atom. The van der Waals surface area contributed by atoms with Gasteiger partial charge < -0.3 is 39.5 Å². The molecule has 0 unspecified atom stereocenters. The molecule has 0 saturated carbocycles. The van der Waals surface area contributed by atoms with E-state index in [9.17, 15) is 25.2 Å². The Morgan fingerprint density at radius 3 is 2.37 bits per heavy atom. The molecule has 2 saturated heterocycles. The van der Waals surface area contributed by atoms with E-state index < -0.39 is 42.7 Å². The van der Waals surface area contributed by atoms with Crippen molar-refractivity contribution < 1.29 is 39.4 Å². The van der Waals surface area contributed by atoms with Crippen molar-refractivity contribution >= 4 is 17.7 Å². The molecule has 2 heterocycles. The van der Waals surface area contributed by atoms with Crippen LogP contribution in [0.1, 0.15) is 43.6 Å². The minimum absolute atomic E-state index is 0.256. The van der Waals surface area contributed by atoms with Gasteiger partial charge in [-0.05, 0) is 62.1 Å². The van der Waals surface area contributed by atoms with Gasteiger partial charge in [-0.15, -0.1) is 0 Å². The van der Waals surface area contributed by atoms with Crippen molar-refractivity contribution in [3.8, 4) is 5.75 Å². The zero-order valence-electron chi connectivity index (χ0n) is 21.8. The largest absolute Gasteiger partial charge is 0.493 e. The number of aliphatic hydroxyl groups excluding tert-OH is 4. The molecule has 5 atom stereocenters. The summed E-state index contributed by atoms with van der Waals surface area (Å²) in [4.78, 5) is 13.7. The molecule has 0 aromatic heterocycles. The summed E-state index contributed by atoms with van der Waals surface area (Å²) in [5, 5.41) is 40.7. The van der Waals surface area contributed by atoms with Crippen LogP contribution in [0.2, 0.25) is 5.02 Å². The number of carbonyl (C=O) groups excluding carboxylic acids is 1. The van der Waals surface area contributed by atoms with Crippen LogP contribution in [0.25, 0.3) is 0 Å². The van der Waals surface area contributed by atoms with Crippen LogP contribution in [0.5, 0.6) is 5.75 Å². The Bertz CT molecular complexity index is 1100. The van der Waals surface area contributed by atoms with Gasteiger partial charge in [0.05, 0.1) is 13.2 Å². The quantitative estimate of drug-likeness (QED) is 0.415. The van der Waals surface area contributed by atoms with Crippen LogP contribution in [-0.2, 0) is 15.9 Å². The molecule has 0 radical (unpaired) electrons. The van der Waals surface area contributed by atoms with Crippen LogP contribution in [0.3, 0.4) is 0 Å². The van der Waals surface area contributed by atoms with Crippen molar-refractivity contribution in [2.45, 2.75) is 63.3 Å². The molecule has 9 nitrogen and oxygen atoms in total. The van der Waals surface area contributed by atoms with E-state index in [2.05, 4.69) is 0 Å². The Labute approximate surface area is 227 Å². The highest BCUT2D eigenvalue weighted by Crippen LogP contribution is 2.34. The number of hydrogen-bond donors (Lipinski definition) is 4. The summed E-state index contributed by atoms with van der Waals surface area (Å²) in [6, 6.07) is 12.8. The summed E-state index contributed by atoms with van der Waals surface area (Å²) in [6.07, 6.45) is -5.90. The number of nitrogens with zero attached hydrogens (tertiary/aromatic N) is 1. The van der Waals surface area contributed by atoms with Crippen molar-refractivity contribution in [3.05, 3.63) is 64.2 Å². The Hall–Kier alpha value is -2.40. The van der Waals surface area contributed by atoms with E-state index in [1.54, 1.807) is 23.1 Å². The fourth-order valence-corrected chi connectivity index (χ4v) is 4.76. The molecule has 0 bridgehead atoms. The first-order valence-electron chi connectivity index (χ1n) is 12.7. The number of benzene rings is 2. The molecular formula is C28H36ClNO8. The van der Waals surface area contributed by atoms with E-state index in [4.69, 9.17) is 25.8 Å². The maximum atomic E-state index is 12.1. The Kier molecular flexibility index (Phi) is 8.86. The second kappa shape index (κ2) is 11.8. The zero-order valence-corrected chi connectivity index (χ0v) is 22.5. The lowest BCUT2D eigenvalue weighted by molar-refractivity contribution is -0.231. The predicted molar refractivity (Wildman–Crippen MR) is 140 cm³/mol. The summed E-state index contributed by atoms with van der Waals surface area (Å²) in [5.74, 6) is 0.983. The number of rotatable bonds is 7. The van der Waals surface area contributed by atoms with Crippen molar-refractivity contribution in [2.75, 3.05) is 26.3 Å². The van der Waals surface area contributed by atoms with Gasteiger partial charge in [0, 0.05) is 24.0 Å². The maximum absolute atomic E-state index is 12.1.